The van der Waals surface area contributed by atoms with E-state index >= 15 is 4.79 Å². The van der Waals surface area contributed by atoms with Crippen LogP contribution in [0.25, 0.3) is 0 Å². The van der Waals surface area contributed by atoms with Crippen LogP contribution < -0.4 is 5.73 Å². The zero-order chi connectivity index (χ0) is 57.7. The van der Waals surface area contributed by atoms with Crippen molar-refractivity contribution in [2.24, 2.45) is 57.5 Å². The maximum absolute atomic E-state index is 15.1. The summed E-state index contributed by atoms with van der Waals surface area (Å²) in [5, 5.41) is 26.6. The molecule has 4 saturated carbocycles. The molecule has 420 valence electrons. The van der Waals surface area contributed by atoms with Crippen LogP contribution in [0.2, 0.25) is 0 Å². The Morgan fingerprint density at radius 1 is 0.605 bits per heavy atom. The molecule has 0 amide bonds. The molecule has 81 heavy (non-hydrogen) atoms. The largest absolute Gasteiger partial charge is 0.458 e. The Balaban J connectivity index is 0.950. The molecule has 13 rings (SSSR count). The molecule has 6 aliphatic carbocycles. The first-order valence-electron chi connectivity index (χ1n) is 27.4. The number of fused-ring (bicyclic) bond motifs is 14. The number of hydrogen-bond donors (Lipinski definition) is 3. The Labute approximate surface area is 464 Å². The molecule has 3 aliphatic heterocycles. The van der Waals surface area contributed by atoms with E-state index in [1.807, 2.05) is 0 Å². The van der Waals surface area contributed by atoms with Gasteiger partial charge in [0.1, 0.15) is 24.4 Å². The smallest absolute Gasteiger partial charge is 0.353 e. The molecule has 20 atom stereocenters. The fraction of sp³-hybridized carbons (Fsp3) is 0.468. The van der Waals surface area contributed by atoms with Crippen molar-refractivity contribution in [2.75, 3.05) is 0 Å². The zero-order valence-corrected chi connectivity index (χ0v) is 45.5. The maximum atomic E-state index is 15.1. The Morgan fingerprint density at radius 3 is 1.64 bits per heavy atom. The molecule has 0 aromatic heterocycles. The molecule has 0 radical (unpaired) electrons. The number of epoxide rings is 1. The van der Waals surface area contributed by atoms with Gasteiger partial charge in [-0.05, 0) is 69.5 Å². The van der Waals surface area contributed by atoms with Gasteiger partial charge in [-0.15, -0.1) is 0 Å². The lowest BCUT2D eigenvalue weighted by Crippen LogP contribution is -2.76. The number of ketones is 4. The molecular weight excluding hydrogens is 1050 g/mol. The van der Waals surface area contributed by atoms with Crippen LogP contribution in [0.15, 0.2) is 84.9 Å². The van der Waals surface area contributed by atoms with Gasteiger partial charge in [-0.1, -0.05) is 62.4 Å². The zero-order valence-electron chi connectivity index (χ0n) is 45.5. The summed E-state index contributed by atoms with van der Waals surface area (Å²) >= 11 is 0. The van der Waals surface area contributed by atoms with Gasteiger partial charge in [0.25, 0.3) is 0 Å². The van der Waals surface area contributed by atoms with E-state index in [4.69, 9.17) is 38.9 Å². The summed E-state index contributed by atoms with van der Waals surface area (Å²) in [5.74, 6) is -15.1. The number of benzene rings is 4. The third-order valence-corrected chi connectivity index (χ3v) is 21.1. The second-order valence-corrected chi connectivity index (χ2v) is 24.6. The quantitative estimate of drug-likeness (QED) is 0.113. The summed E-state index contributed by atoms with van der Waals surface area (Å²) in [6.45, 7) is 12.0. The Morgan fingerprint density at radius 2 is 1.11 bits per heavy atom. The van der Waals surface area contributed by atoms with Gasteiger partial charge in [-0.2, -0.15) is 0 Å². The van der Waals surface area contributed by atoms with E-state index in [1.54, 1.807) is 58.0 Å². The number of nitrogens with two attached hydrogens (primary N) is 1. The molecule has 4 aromatic carbocycles. The first-order valence-corrected chi connectivity index (χ1v) is 27.4. The normalized spacial score (nSPS) is 40.7. The highest BCUT2D eigenvalue weighted by Gasteiger charge is 2.87. The van der Waals surface area contributed by atoms with Gasteiger partial charge >= 0.3 is 29.8 Å². The number of carbonyl (C=O) groups is 9. The average Bonchev–Trinajstić information content (AvgIpc) is 2.76. The fourth-order valence-electron chi connectivity index (χ4n) is 17.4. The van der Waals surface area contributed by atoms with Crippen molar-refractivity contribution in [1.29, 1.82) is 0 Å². The number of aliphatic hydroxyl groups is 2. The second kappa shape index (κ2) is 17.4. The second-order valence-electron chi connectivity index (χ2n) is 24.6. The van der Waals surface area contributed by atoms with Gasteiger partial charge in [-0.25, -0.2) is 14.4 Å². The van der Waals surface area contributed by atoms with E-state index in [-0.39, 0.29) is 62.1 Å². The van der Waals surface area contributed by atoms with E-state index in [2.05, 4.69) is 0 Å². The maximum Gasteiger partial charge on any atom is 0.353 e. The number of aliphatic hydroxyl groups excluding tert-OH is 2. The van der Waals surface area contributed by atoms with Gasteiger partial charge in [-0.3, -0.25) is 28.8 Å². The molecule has 0 bridgehead atoms. The highest BCUT2D eigenvalue weighted by atomic mass is 16.7. The van der Waals surface area contributed by atoms with Crippen molar-refractivity contribution in [3.05, 3.63) is 141 Å². The van der Waals surface area contributed by atoms with E-state index in [1.165, 1.54) is 82.3 Å². The van der Waals surface area contributed by atoms with E-state index in [9.17, 15) is 48.6 Å². The first kappa shape index (κ1) is 53.0. The minimum Gasteiger partial charge on any atom is -0.458 e. The van der Waals surface area contributed by atoms with Crippen LogP contribution in [0.5, 0.6) is 0 Å². The molecule has 4 N–H and O–H groups in total. The predicted octanol–water partition coefficient (Wildman–Crippen LogP) is 4.91. The molecule has 3 saturated heterocycles. The van der Waals surface area contributed by atoms with Gasteiger partial charge in [0, 0.05) is 112 Å². The fourth-order valence-corrected chi connectivity index (χ4v) is 17.4. The molecule has 0 spiro atoms. The van der Waals surface area contributed by atoms with Crippen molar-refractivity contribution >= 4 is 53.0 Å². The summed E-state index contributed by atoms with van der Waals surface area (Å²) in [7, 11) is 0. The van der Waals surface area contributed by atoms with Gasteiger partial charge in [0.05, 0.1) is 41.0 Å². The molecule has 19 nitrogen and oxygen atoms in total. The predicted molar refractivity (Wildman–Crippen MR) is 277 cm³/mol. The van der Waals surface area contributed by atoms with Crippen molar-refractivity contribution in [2.45, 2.75) is 128 Å². The number of esters is 5. The lowest BCUT2D eigenvalue weighted by atomic mass is 9.40. The van der Waals surface area contributed by atoms with Gasteiger partial charge < -0.3 is 49.1 Å². The summed E-state index contributed by atoms with van der Waals surface area (Å²) in [6.07, 6.45) is -9.14. The molecule has 9 aliphatic rings. The van der Waals surface area contributed by atoms with Crippen molar-refractivity contribution in [1.82, 2.24) is 0 Å². The van der Waals surface area contributed by atoms with Crippen LogP contribution in [0.3, 0.4) is 0 Å². The average molecular weight is 1110 g/mol. The monoisotopic (exact) mass is 1110 g/mol. The molecule has 7 fully saturated rings. The molecule has 4 aromatic rings. The Hall–Kier alpha value is -7.29. The van der Waals surface area contributed by atoms with Crippen LogP contribution in [0.1, 0.15) is 146 Å². The first-order chi connectivity index (χ1) is 38.2. The van der Waals surface area contributed by atoms with Crippen LogP contribution >= 0.6 is 0 Å². The van der Waals surface area contributed by atoms with Crippen LogP contribution in [-0.4, -0.2) is 129 Å². The van der Waals surface area contributed by atoms with Gasteiger partial charge in [0.2, 0.25) is 11.4 Å². The highest BCUT2D eigenvalue weighted by molar-refractivity contribution is 6.29. The molecule has 19 heteroatoms. The number of carbonyl (C=O) groups excluding carboxylic acids is 9. The van der Waals surface area contributed by atoms with Gasteiger partial charge in [0.15, 0.2) is 23.1 Å². The standard InChI is InChI=1S/C62H59NO18/c1-24-40-43(60(6)61(7,57(74)81-62(60,8)79-24)80-56(73)28-18-20-34-36(22-28)48(69)32-16-12-10-14-30(32)46(34)67)49(70)41-39-42(52(75-25(2)64)54(59(40,41)5)76-26(3)65)58(4)37(23-38-50(77-38)53(58)71)44(63)51(39)78-55(72)27-17-19-33-35(21-27)47(68)31-15-11-9-13-29(31)45(33)66/h9-22,24,37-44,49-54,70-71H,23,63H2,1-8H3/t24-,37+,38-,39?,40-,41+,42?,43-,44-,49+,50-,51+,52-,53-,54-,58-,59+,60-,61+,62-/m0/s1. The van der Waals surface area contributed by atoms with Crippen molar-refractivity contribution in [3.8, 4) is 0 Å². The minimum absolute atomic E-state index is 0.0260. The van der Waals surface area contributed by atoms with Crippen molar-refractivity contribution < 1.29 is 86.5 Å². The van der Waals surface area contributed by atoms with E-state index in [0.717, 1.165) is 0 Å². The lowest BCUT2D eigenvalue weighted by Gasteiger charge is -2.67. The minimum atomic E-state index is -2.34. The third kappa shape index (κ3) is 6.77. The van der Waals surface area contributed by atoms with Crippen molar-refractivity contribution in [3.63, 3.8) is 0 Å². The number of ether oxygens (including phenoxy) is 7. The van der Waals surface area contributed by atoms with Crippen LogP contribution in [0, 0.1) is 51.8 Å². The topological polar surface area (TPSA) is 288 Å². The summed E-state index contributed by atoms with van der Waals surface area (Å²) in [4.78, 5) is 127. The lowest BCUT2D eigenvalue weighted by molar-refractivity contribution is -0.340. The number of rotatable bonds is 6. The Kier molecular flexibility index (Phi) is 11.4. The number of hydrogen-bond acceptors (Lipinski definition) is 19. The summed E-state index contributed by atoms with van der Waals surface area (Å²) in [6, 6.07) is 19.4. The summed E-state index contributed by atoms with van der Waals surface area (Å²) < 4.78 is 45.1. The SMILES string of the molecule is CC(=O)O[C@H]1C2C([C@@H](OC(=O)c3ccc4c(c3)C(=O)c3ccccc3C4=O)[C@@H](N)[C@H]3C[C@@H]4O[C@@H]4[C@H](O)[C@]23C)[C@@H]2[C@@H](O)[C@@H]3[C@H]([C@H](C)O[C@@]4(C)OC(=O)[C@@](C)(OC(=O)c5ccc6c(c5)C(=O)c5ccccc5C6=O)[C@]34C)[C@@]2(C)[C@H]1OC(C)=O. The Bertz CT molecular complexity index is 3570. The molecule has 2 unspecified atom stereocenters. The van der Waals surface area contributed by atoms with Crippen LogP contribution in [-0.2, 0) is 47.5 Å². The third-order valence-electron chi connectivity index (χ3n) is 21.1. The van der Waals surface area contributed by atoms with E-state index in [0.29, 0.717) is 0 Å². The molecular formula is C62H59NO18. The van der Waals surface area contributed by atoms with Crippen LogP contribution in [0.4, 0.5) is 0 Å². The molecule has 3 heterocycles. The van der Waals surface area contributed by atoms with E-state index < -0.39 is 171 Å². The summed E-state index contributed by atoms with van der Waals surface area (Å²) in [5.41, 5.74) is 0.754. The highest BCUT2D eigenvalue weighted by Crippen LogP contribution is 2.77.